The summed E-state index contributed by atoms with van der Waals surface area (Å²) in [6.45, 7) is 2.76. The minimum Gasteiger partial charge on any atom is -0.370 e. The summed E-state index contributed by atoms with van der Waals surface area (Å²) in [5, 5.41) is 9.20. The van der Waals surface area contributed by atoms with Crippen molar-refractivity contribution in [3.05, 3.63) is 0 Å². The van der Waals surface area contributed by atoms with E-state index in [-0.39, 0.29) is 34.2 Å². The SMILES string of the molecule is CCCCN=C(N)NC(=N)N.Cl.P. The minimum atomic E-state index is -0.178. The number of aliphatic imine (C=N–C) groups is 1. The van der Waals surface area contributed by atoms with Gasteiger partial charge in [-0.15, -0.1) is 12.4 Å². The van der Waals surface area contributed by atoms with Gasteiger partial charge >= 0.3 is 0 Å². The lowest BCUT2D eigenvalue weighted by atomic mass is 10.3. The monoisotopic (exact) mass is 227 g/mol. The fraction of sp³-hybridized carbons (Fsp3) is 0.667. The maximum atomic E-state index is 6.81. The molecule has 0 spiro atoms. The molecule has 0 rings (SSSR count). The quantitative estimate of drug-likeness (QED) is 0.237. The van der Waals surface area contributed by atoms with Crippen LogP contribution in [0.5, 0.6) is 0 Å². The van der Waals surface area contributed by atoms with Gasteiger partial charge in [0.1, 0.15) is 0 Å². The number of hydrogen-bond donors (Lipinski definition) is 4. The summed E-state index contributed by atoms with van der Waals surface area (Å²) in [6, 6.07) is 0. The fourth-order valence-corrected chi connectivity index (χ4v) is 0.535. The Morgan fingerprint density at radius 1 is 1.46 bits per heavy atom. The molecule has 0 aromatic rings. The lowest BCUT2D eigenvalue weighted by Crippen LogP contribution is -2.40. The van der Waals surface area contributed by atoms with E-state index in [1.807, 2.05) is 0 Å². The molecule has 0 aliphatic rings. The van der Waals surface area contributed by atoms with Crippen LogP contribution in [-0.2, 0) is 0 Å². The van der Waals surface area contributed by atoms with Crippen molar-refractivity contribution in [3.63, 3.8) is 0 Å². The Bertz CT molecular complexity index is 161. The molecule has 0 aromatic heterocycles. The van der Waals surface area contributed by atoms with Crippen molar-refractivity contribution in [1.82, 2.24) is 5.32 Å². The molecule has 0 heterocycles. The second kappa shape index (κ2) is 11.5. The molecule has 5 nitrogen and oxygen atoms in total. The normalized spacial score (nSPS) is 9.46. The van der Waals surface area contributed by atoms with Gasteiger partial charge in [0.05, 0.1) is 0 Å². The predicted octanol–water partition coefficient (Wildman–Crippen LogP) is 0.0642. The Labute approximate surface area is 88.3 Å². The number of nitrogens with one attached hydrogen (secondary N) is 2. The molecular formula is C6H19ClN5P. The summed E-state index contributed by atoms with van der Waals surface area (Å²) in [6.07, 6.45) is 2.08. The van der Waals surface area contributed by atoms with E-state index in [1.165, 1.54) is 0 Å². The summed E-state index contributed by atoms with van der Waals surface area (Å²) < 4.78 is 0. The van der Waals surface area contributed by atoms with Crippen LogP contribution in [0, 0.1) is 5.41 Å². The van der Waals surface area contributed by atoms with Gasteiger partial charge in [-0.1, -0.05) is 13.3 Å². The van der Waals surface area contributed by atoms with Crippen LogP contribution < -0.4 is 16.8 Å². The van der Waals surface area contributed by atoms with Gasteiger partial charge in [-0.05, 0) is 6.42 Å². The van der Waals surface area contributed by atoms with Crippen LogP contribution in [0.15, 0.2) is 4.99 Å². The van der Waals surface area contributed by atoms with Crippen LogP contribution in [0.2, 0.25) is 0 Å². The Morgan fingerprint density at radius 2 is 2.00 bits per heavy atom. The van der Waals surface area contributed by atoms with E-state index in [9.17, 15) is 0 Å². The number of hydrogen-bond acceptors (Lipinski definition) is 2. The van der Waals surface area contributed by atoms with E-state index >= 15 is 0 Å². The highest BCUT2D eigenvalue weighted by molar-refractivity contribution is 6.92. The molecule has 80 valence electrons. The van der Waals surface area contributed by atoms with E-state index in [0.29, 0.717) is 6.54 Å². The van der Waals surface area contributed by atoms with Crippen molar-refractivity contribution in [3.8, 4) is 0 Å². The van der Waals surface area contributed by atoms with Gasteiger partial charge in [0, 0.05) is 6.54 Å². The molecule has 0 aliphatic carbocycles. The fourth-order valence-electron chi connectivity index (χ4n) is 0.535. The van der Waals surface area contributed by atoms with Crippen molar-refractivity contribution < 1.29 is 0 Å². The van der Waals surface area contributed by atoms with Crippen LogP contribution in [0.3, 0.4) is 0 Å². The molecule has 0 saturated carbocycles. The predicted molar refractivity (Wildman–Crippen MR) is 64.8 cm³/mol. The third-order valence-electron chi connectivity index (χ3n) is 1.06. The van der Waals surface area contributed by atoms with Crippen LogP contribution in [0.1, 0.15) is 19.8 Å². The number of halogens is 1. The highest BCUT2D eigenvalue weighted by Crippen LogP contribution is 1.85. The zero-order valence-corrected chi connectivity index (χ0v) is 10.1. The van der Waals surface area contributed by atoms with Gasteiger partial charge in [-0.25, -0.2) is 0 Å². The molecule has 0 bridgehead atoms. The number of rotatable bonds is 3. The van der Waals surface area contributed by atoms with Gasteiger partial charge in [0.2, 0.25) is 0 Å². The summed E-state index contributed by atoms with van der Waals surface area (Å²) in [5.41, 5.74) is 10.3. The topological polar surface area (TPSA) is 100 Å². The standard InChI is InChI=1S/C6H15N5.ClH.H3P/c1-2-3-4-10-6(9)11-5(7)8;;/h2-4H2,1H3,(H6,7,8,9,10,11);1H;1H3. The van der Waals surface area contributed by atoms with Crippen molar-refractivity contribution in [2.45, 2.75) is 19.8 Å². The first kappa shape index (κ1) is 18.3. The van der Waals surface area contributed by atoms with Crippen LogP contribution in [-0.4, -0.2) is 18.5 Å². The number of nitrogens with zero attached hydrogens (tertiary/aromatic N) is 1. The highest BCUT2D eigenvalue weighted by atomic mass is 35.5. The Balaban J connectivity index is -0.000000500. The lowest BCUT2D eigenvalue weighted by molar-refractivity contribution is 0.804. The van der Waals surface area contributed by atoms with E-state index in [4.69, 9.17) is 16.9 Å². The van der Waals surface area contributed by atoms with E-state index in [1.54, 1.807) is 0 Å². The largest absolute Gasteiger partial charge is 0.370 e. The molecule has 13 heavy (non-hydrogen) atoms. The molecule has 0 radical (unpaired) electrons. The van der Waals surface area contributed by atoms with Gasteiger partial charge in [0.15, 0.2) is 11.9 Å². The average molecular weight is 228 g/mol. The van der Waals surface area contributed by atoms with Crippen molar-refractivity contribution in [1.29, 1.82) is 5.41 Å². The third kappa shape index (κ3) is 14.3. The first-order valence-corrected chi connectivity index (χ1v) is 3.57. The molecule has 1 atom stereocenters. The zero-order chi connectivity index (χ0) is 8.69. The molecule has 0 saturated heterocycles. The number of nitrogens with two attached hydrogens (primary N) is 2. The Morgan fingerprint density at radius 3 is 2.38 bits per heavy atom. The zero-order valence-electron chi connectivity index (χ0n) is 7.84. The number of unbranched alkanes of at least 4 members (excludes halogenated alkanes) is 1. The smallest absolute Gasteiger partial charge is 0.195 e. The van der Waals surface area contributed by atoms with Gasteiger partial charge < -0.3 is 11.5 Å². The first-order chi connectivity index (χ1) is 5.16. The Hall–Kier alpha value is -0.540. The van der Waals surface area contributed by atoms with Crippen molar-refractivity contribution >= 4 is 34.2 Å². The van der Waals surface area contributed by atoms with E-state index in [0.717, 1.165) is 12.8 Å². The van der Waals surface area contributed by atoms with Crippen molar-refractivity contribution in [2.75, 3.05) is 6.54 Å². The molecule has 0 aliphatic heterocycles. The maximum absolute atomic E-state index is 6.81. The van der Waals surface area contributed by atoms with Gasteiger partial charge in [-0.2, -0.15) is 9.90 Å². The molecular weight excluding hydrogens is 209 g/mol. The molecule has 0 aromatic carbocycles. The first-order valence-electron chi connectivity index (χ1n) is 3.57. The molecule has 0 amide bonds. The summed E-state index contributed by atoms with van der Waals surface area (Å²) in [5.74, 6) is 0.0358. The summed E-state index contributed by atoms with van der Waals surface area (Å²) in [7, 11) is 0. The minimum absolute atomic E-state index is 0. The van der Waals surface area contributed by atoms with E-state index in [2.05, 4.69) is 17.2 Å². The molecule has 7 heteroatoms. The van der Waals surface area contributed by atoms with Crippen LogP contribution >= 0.6 is 22.3 Å². The maximum Gasteiger partial charge on any atom is 0.195 e. The van der Waals surface area contributed by atoms with Crippen LogP contribution in [0.4, 0.5) is 0 Å². The third-order valence-corrected chi connectivity index (χ3v) is 1.06. The van der Waals surface area contributed by atoms with Crippen LogP contribution in [0.25, 0.3) is 0 Å². The summed E-state index contributed by atoms with van der Waals surface area (Å²) >= 11 is 0. The molecule has 6 N–H and O–H groups in total. The van der Waals surface area contributed by atoms with Gasteiger partial charge in [-0.3, -0.25) is 15.7 Å². The second-order valence-corrected chi connectivity index (χ2v) is 2.16. The van der Waals surface area contributed by atoms with Gasteiger partial charge in [0.25, 0.3) is 0 Å². The average Bonchev–Trinajstić information content (AvgIpc) is 1.86. The number of guanidine groups is 2. The Kier molecular flexibility index (Phi) is 16.1. The molecule has 0 fully saturated rings. The van der Waals surface area contributed by atoms with E-state index < -0.39 is 0 Å². The summed E-state index contributed by atoms with van der Waals surface area (Å²) in [4.78, 5) is 3.92. The van der Waals surface area contributed by atoms with Crippen molar-refractivity contribution in [2.24, 2.45) is 16.5 Å². The highest BCUT2D eigenvalue weighted by Gasteiger charge is 1.90. The molecule has 1 unspecified atom stereocenters. The lowest BCUT2D eigenvalue weighted by Gasteiger charge is -2.00. The second-order valence-electron chi connectivity index (χ2n) is 2.16.